The molecule has 1 N–H and O–H groups in total. The number of nitrogens with zero attached hydrogens (tertiary/aromatic N) is 2. The Morgan fingerprint density at radius 1 is 1.35 bits per heavy atom. The van der Waals surface area contributed by atoms with Crippen LogP contribution in [0.1, 0.15) is 21.9 Å². The summed E-state index contributed by atoms with van der Waals surface area (Å²) in [4.78, 5) is 39.8. The van der Waals surface area contributed by atoms with Crippen molar-refractivity contribution in [2.24, 2.45) is 0 Å². The second-order valence-corrected chi connectivity index (χ2v) is 6.99. The highest BCUT2D eigenvalue weighted by Crippen LogP contribution is 2.34. The zero-order valence-electron chi connectivity index (χ0n) is 14.4. The Kier molecular flexibility index (Phi) is 5.03. The summed E-state index contributed by atoms with van der Waals surface area (Å²) in [6.07, 6.45) is 0. The monoisotopic (exact) mass is 374 g/mol. The van der Waals surface area contributed by atoms with Crippen molar-refractivity contribution in [3.05, 3.63) is 47.4 Å². The van der Waals surface area contributed by atoms with Crippen molar-refractivity contribution >= 4 is 35.2 Å². The molecular weight excluding hydrogens is 356 g/mol. The van der Waals surface area contributed by atoms with Gasteiger partial charge in [0.2, 0.25) is 11.8 Å². The van der Waals surface area contributed by atoms with Crippen LogP contribution in [0.3, 0.4) is 0 Å². The van der Waals surface area contributed by atoms with Gasteiger partial charge < -0.3 is 19.3 Å². The Bertz CT molecular complexity index is 876. The number of hydrogen-bond donors (Lipinski definition) is 1. The van der Waals surface area contributed by atoms with Crippen molar-refractivity contribution in [1.82, 2.24) is 4.90 Å². The number of carboxylic acids is 1. The molecule has 1 aliphatic rings. The van der Waals surface area contributed by atoms with E-state index in [-0.39, 0.29) is 30.5 Å². The van der Waals surface area contributed by atoms with Gasteiger partial charge in [-0.1, -0.05) is 12.1 Å². The molecule has 0 radical (unpaired) electrons. The number of likely N-dealkylation sites (N-methyl/N-ethyl adjacent to an activating group) is 1. The first-order valence-corrected chi connectivity index (χ1v) is 8.94. The number of aromatic carboxylic acids is 1. The van der Waals surface area contributed by atoms with E-state index in [1.165, 1.54) is 27.6 Å². The van der Waals surface area contributed by atoms with Crippen LogP contribution in [0, 0.1) is 6.92 Å². The van der Waals surface area contributed by atoms with Gasteiger partial charge >= 0.3 is 5.97 Å². The fourth-order valence-corrected chi connectivity index (χ4v) is 3.67. The lowest BCUT2D eigenvalue weighted by Gasteiger charge is -2.29. The molecule has 0 saturated heterocycles. The topological polar surface area (TPSA) is 91.1 Å². The zero-order valence-corrected chi connectivity index (χ0v) is 15.2. The van der Waals surface area contributed by atoms with Gasteiger partial charge in [-0.05, 0) is 25.1 Å². The molecule has 136 valence electrons. The first-order valence-electron chi connectivity index (χ1n) is 7.95. The quantitative estimate of drug-likeness (QED) is 0.864. The summed E-state index contributed by atoms with van der Waals surface area (Å²) in [5, 5.41) is 9.07. The van der Waals surface area contributed by atoms with Crippen molar-refractivity contribution < 1.29 is 23.9 Å². The van der Waals surface area contributed by atoms with Gasteiger partial charge in [-0.15, -0.1) is 11.8 Å². The number of aryl methyl sites for hydroxylation is 1. The molecule has 2 aromatic rings. The van der Waals surface area contributed by atoms with Crippen LogP contribution in [0.15, 0.2) is 39.6 Å². The lowest BCUT2D eigenvalue weighted by atomic mass is 10.2. The van der Waals surface area contributed by atoms with E-state index in [0.29, 0.717) is 17.3 Å². The molecule has 2 amide bonds. The van der Waals surface area contributed by atoms with E-state index in [4.69, 9.17) is 9.52 Å². The van der Waals surface area contributed by atoms with Crippen LogP contribution in [-0.4, -0.2) is 47.1 Å². The molecule has 26 heavy (non-hydrogen) atoms. The van der Waals surface area contributed by atoms with Crippen LogP contribution < -0.4 is 4.90 Å². The average Bonchev–Trinajstić information content (AvgIpc) is 2.97. The molecule has 0 saturated carbocycles. The number of rotatable bonds is 5. The van der Waals surface area contributed by atoms with Gasteiger partial charge in [0.05, 0.1) is 18.0 Å². The number of carbonyl (C=O) groups is 3. The van der Waals surface area contributed by atoms with Crippen molar-refractivity contribution in [2.75, 3.05) is 24.2 Å². The van der Waals surface area contributed by atoms with Crippen molar-refractivity contribution in [3.63, 3.8) is 0 Å². The normalized spacial score (nSPS) is 13.5. The molecule has 1 aliphatic heterocycles. The number of benzene rings is 1. The van der Waals surface area contributed by atoms with E-state index in [0.717, 1.165) is 10.6 Å². The first-order chi connectivity index (χ1) is 12.4. The number of amides is 2. The third-order valence-electron chi connectivity index (χ3n) is 4.12. The van der Waals surface area contributed by atoms with Gasteiger partial charge in [0, 0.05) is 11.9 Å². The number of anilines is 1. The highest BCUT2D eigenvalue weighted by atomic mass is 32.2. The van der Waals surface area contributed by atoms with Gasteiger partial charge in [-0.25, -0.2) is 4.79 Å². The Morgan fingerprint density at radius 3 is 2.77 bits per heavy atom. The SMILES string of the molecule is Cc1oc(CN(C)C(=O)CN2C(=O)CSc3ccccc32)cc1C(=O)O. The zero-order chi connectivity index (χ0) is 18.8. The van der Waals surface area contributed by atoms with E-state index in [1.54, 1.807) is 14.0 Å². The van der Waals surface area contributed by atoms with Gasteiger partial charge in [-0.2, -0.15) is 0 Å². The van der Waals surface area contributed by atoms with Crippen LogP contribution in [0.4, 0.5) is 5.69 Å². The maximum Gasteiger partial charge on any atom is 0.339 e. The minimum atomic E-state index is -1.07. The lowest BCUT2D eigenvalue weighted by molar-refractivity contribution is -0.130. The Balaban J connectivity index is 1.71. The number of para-hydroxylation sites is 1. The van der Waals surface area contributed by atoms with E-state index in [1.807, 2.05) is 24.3 Å². The highest BCUT2D eigenvalue weighted by Gasteiger charge is 2.27. The number of hydrogen-bond acceptors (Lipinski definition) is 5. The molecule has 0 unspecified atom stereocenters. The van der Waals surface area contributed by atoms with E-state index >= 15 is 0 Å². The van der Waals surface area contributed by atoms with Crippen LogP contribution in [0.25, 0.3) is 0 Å². The second-order valence-electron chi connectivity index (χ2n) is 5.97. The summed E-state index contributed by atoms with van der Waals surface area (Å²) in [6.45, 7) is 1.62. The predicted molar refractivity (Wildman–Crippen MR) is 96.4 cm³/mol. The molecule has 1 aromatic heterocycles. The minimum absolute atomic E-state index is 0.0710. The summed E-state index contributed by atoms with van der Waals surface area (Å²) >= 11 is 1.46. The van der Waals surface area contributed by atoms with Crippen molar-refractivity contribution in [2.45, 2.75) is 18.4 Å². The Hall–Kier alpha value is -2.74. The molecule has 3 rings (SSSR count). The van der Waals surface area contributed by atoms with Gasteiger partial charge in [0.25, 0.3) is 0 Å². The third-order valence-corrected chi connectivity index (χ3v) is 5.17. The van der Waals surface area contributed by atoms with E-state index < -0.39 is 5.97 Å². The molecule has 1 aromatic carbocycles. The fraction of sp³-hybridized carbons (Fsp3) is 0.278. The van der Waals surface area contributed by atoms with Gasteiger partial charge in [0.15, 0.2) is 0 Å². The summed E-state index contributed by atoms with van der Waals surface area (Å²) in [5.41, 5.74) is 0.815. The summed E-state index contributed by atoms with van der Waals surface area (Å²) < 4.78 is 5.41. The van der Waals surface area contributed by atoms with E-state index in [2.05, 4.69) is 0 Å². The van der Waals surface area contributed by atoms with Gasteiger partial charge in [-0.3, -0.25) is 9.59 Å². The van der Waals surface area contributed by atoms with E-state index in [9.17, 15) is 14.4 Å². The molecule has 7 nitrogen and oxygen atoms in total. The Labute approximate surface area is 154 Å². The molecule has 8 heteroatoms. The molecule has 2 heterocycles. The average molecular weight is 374 g/mol. The smallest absolute Gasteiger partial charge is 0.339 e. The van der Waals surface area contributed by atoms with Crippen LogP contribution in [-0.2, 0) is 16.1 Å². The van der Waals surface area contributed by atoms with Crippen molar-refractivity contribution in [1.29, 1.82) is 0 Å². The number of furan rings is 1. The number of thioether (sulfide) groups is 1. The maximum absolute atomic E-state index is 12.6. The molecule has 0 atom stereocenters. The molecular formula is C18H18N2O5S. The first kappa shape index (κ1) is 18.1. The molecule has 0 bridgehead atoms. The maximum atomic E-state index is 12.6. The molecule has 0 spiro atoms. The van der Waals surface area contributed by atoms with Gasteiger partial charge in [0.1, 0.15) is 23.6 Å². The second kappa shape index (κ2) is 7.25. The standard InChI is InChI=1S/C18H18N2O5S/c1-11-13(18(23)24)7-12(25-11)8-19(2)16(21)9-20-14-5-3-4-6-15(14)26-10-17(20)22/h3-7H,8-10H2,1-2H3,(H,23,24). The largest absolute Gasteiger partial charge is 0.478 e. The van der Waals surface area contributed by atoms with Crippen LogP contribution in [0.5, 0.6) is 0 Å². The van der Waals surface area contributed by atoms with Crippen molar-refractivity contribution in [3.8, 4) is 0 Å². The minimum Gasteiger partial charge on any atom is -0.478 e. The predicted octanol–water partition coefficient (Wildman–Crippen LogP) is 2.38. The third kappa shape index (κ3) is 3.60. The summed E-state index contributed by atoms with van der Waals surface area (Å²) in [6, 6.07) is 8.89. The Morgan fingerprint density at radius 2 is 2.08 bits per heavy atom. The number of carboxylic acid groups (broad SMARTS) is 1. The number of carbonyl (C=O) groups excluding carboxylic acids is 2. The molecule has 0 fully saturated rings. The summed E-state index contributed by atoms with van der Waals surface area (Å²) in [7, 11) is 1.59. The lowest BCUT2D eigenvalue weighted by Crippen LogP contribution is -2.43. The summed E-state index contributed by atoms with van der Waals surface area (Å²) in [5.74, 6) is -0.460. The fourth-order valence-electron chi connectivity index (χ4n) is 2.74. The highest BCUT2D eigenvalue weighted by molar-refractivity contribution is 8.00. The molecule has 0 aliphatic carbocycles. The van der Waals surface area contributed by atoms with Crippen LogP contribution >= 0.6 is 11.8 Å². The van der Waals surface area contributed by atoms with Crippen LogP contribution in [0.2, 0.25) is 0 Å². The number of fused-ring (bicyclic) bond motifs is 1.